The van der Waals surface area contributed by atoms with Crippen molar-refractivity contribution in [3.63, 3.8) is 0 Å². The maximum atomic E-state index is 13.0. The number of amides is 1. The molecule has 1 atom stereocenters. The van der Waals surface area contributed by atoms with E-state index in [4.69, 9.17) is 14.6 Å². The number of morpholine rings is 1. The first-order valence-corrected chi connectivity index (χ1v) is 8.64. The highest BCUT2D eigenvalue weighted by molar-refractivity contribution is 5.95. The second kappa shape index (κ2) is 8.34. The molecule has 0 spiro atoms. The van der Waals surface area contributed by atoms with Gasteiger partial charge in [-0.2, -0.15) is 0 Å². The van der Waals surface area contributed by atoms with Crippen molar-refractivity contribution in [2.24, 2.45) is 5.92 Å². The van der Waals surface area contributed by atoms with Gasteiger partial charge in [0.1, 0.15) is 5.75 Å². The van der Waals surface area contributed by atoms with E-state index in [1.54, 1.807) is 12.1 Å². The van der Waals surface area contributed by atoms with E-state index < -0.39 is 12.6 Å². The van der Waals surface area contributed by atoms with Gasteiger partial charge < -0.3 is 19.5 Å². The van der Waals surface area contributed by atoms with E-state index in [0.29, 0.717) is 37.0 Å². The molecule has 1 aromatic carbocycles. The van der Waals surface area contributed by atoms with Gasteiger partial charge in [-0.1, -0.05) is 13.8 Å². The number of carboxylic acids is 1. The summed E-state index contributed by atoms with van der Waals surface area (Å²) < 4.78 is 10.9. The Bertz CT molecular complexity index is 618. The lowest BCUT2D eigenvalue weighted by atomic mass is 9.99. The fourth-order valence-electron chi connectivity index (χ4n) is 3.26. The zero-order chi connectivity index (χ0) is 18.6. The maximum absolute atomic E-state index is 13.0. The second-order valence-electron chi connectivity index (χ2n) is 6.98. The van der Waals surface area contributed by atoms with Gasteiger partial charge in [0.25, 0.3) is 5.91 Å². The summed E-state index contributed by atoms with van der Waals surface area (Å²) in [5.41, 5.74) is 2.13. The van der Waals surface area contributed by atoms with Crippen molar-refractivity contribution in [1.29, 1.82) is 0 Å². The second-order valence-corrected chi connectivity index (χ2v) is 6.98. The first kappa shape index (κ1) is 19.2. The molecule has 6 heteroatoms. The fraction of sp³-hybridized carbons (Fsp3) is 0.579. The topological polar surface area (TPSA) is 76.1 Å². The molecule has 25 heavy (non-hydrogen) atoms. The largest absolute Gasteiger partial charge is 0.481 e. The number of carbonyl (C=O) groups is 2. The Morgan fingerprint density at radius 1 is 1.32 bits per heavy atom. The monoisotopic (exact) mass is 349 g/mol. The van der Waals surface area contributed by atoms with E-state index in [2.05, 4.69) is 13.8 Å². The zero-order valence-corrected chi connectivity index (χ0v) is 15.4. The number of hydrogen-bond acceptors (Lipinski definition) is 4. The molecular formula is C19H27NO5. The predicted molar refractivity (Wildman–Crippen MR) is 94.1 cm³/mol. The Labute approximate surface area is 148 Å². The van der Waals surface area contributed by atoms with Gasteiger partial charge in [-0.15, -0.1) is 0 Å². The van der Waals surface area contributed by atoms with Gasteiger partial charge in [0, 0.05) is 12.1 Å². The van der Waals surface area contributed by atoms with Gasteiger partial charge in [-0.05, 0) is 49.4 Å². The van der Waals surface area contributed by atoms with Crippen LogP contribution in [0.1, 0.15) is 41.8 Å². The number of aryl methyl sites for hydroxylation is 2. The molecule has 1 aliphatic heterocycles. The number of nitrogens with zero attached hydrogens (tertiary/aromatic N) is 1. The highest BCUT2D eigenvalue weighted by atomic mass is 16.5. The predicted octanol–water partition coefficient (Wildman–Crippen LogP) is 2.65. The Balaban J connectivity index is 2.21. The van der Waals surface area contributed by atoms with E-state index in [1.807, 2.05) is 18.7 Å². The molecule has 0 aromatic heterocycles. The van der Waals surface area contributed by atoms with Crippen molar-refractivity contribution in [3.8, 4) is 5.75 Å². The van der Waals surface area contributed by atoms with Gasteiger partial charge in [0.05, 0.1) is 19.3 Å². The summed E-state index contributed by atoms with van der Waals surface area (Å²) >= 11 is 0. The lowest BCUT2D eigenvalue weighted by Crippen LogP contribution is -2.49. The number of benzene rings is 1. The molecule has 1 N–H and O–H groups in total. The first-order valence-electron chi connectivity index (χ1n) is 8.64. The standard InChI is InChI=1S/C19H27NO5/c1-12(2)7-16-10-24-6-5-20(16)19(23)15-8-13(3)18(14(4)9-15)25-11-17(21)22/h8-9,12,16H,5-7,10-11H2,1-4H3,(H,21,22). The minimum atomic E-state index is -1.02. The molecular weight excluding hydrogens is 322 g/mol. The average Bonchev–Trinajstić information content (AvgIpc) is 2.53. The van der Waals surface area contributed by atoms with E-state index in [9.17, 15) is 9.59 Å². The van der Waals surface area contributed by atoms with Crippen molar-refractivity contribution in [2.75, 3.05) is 26.4 Å². The quantitative estimate of drug-likeness (QED) is 0.854. The minimum absolute atomic E-state index is 0.00932. The van der Waals surface area contributed by atoms with Gasteiger partial charge in [-0.25, -0.2) is 4.79 Å². The third-order valence-electron chi connectivity index (χ3n) is 4.28. The summed E-state index contributed by atoms with van der Waals surface area (Å²) in [6, 6.07) is 3.63. The molecule has 0 aliphatic carbocycles. The minimum Gasteiger partial charge on any atom is -0.481 e. The fourth-order valence-corrected chi connectivity index (χ4v) is 3.26. The van der Waals surface area contributed by atoms with Crippen LogP contribution in [0.15, 0.2) is 12.1 Å². The molecule has 1 saturated heterocycles. The Morgan fingerprint density at radius 2 is 1.96 bits per heavy atom. The van der Waals surface area contributed by atoms with E-state index in [1.165, 1.54) is 0 Å². The van der Waals surface area contributed by atoms with Gasteiger partial charge in [0.2, 0.25) is 0 Å². The van der Waals surface area contributed by atoms with Gasteiger partial charge >= 0.3 is 5.97 Å². The summed E-state index contributed by atoms with van der Waals surface area (Å²) in [6.07, 6.45) is 0.906. The van der Waals surface area contributed by atoms with Crippen LogP contribution in [0.4, 0.5) is 0 Å². The molecule has 0 saturated carbocycles. The molecule has 1 amide bonds. The number of aliphatic carboxylic acids is 1. The molecule has 0 radical (unpaired) electrons. The Morgan fingerprint density at radius 3 is 2.52 bits per heavy atom. The Hall–Kier alpha value is -2.08. The van der Waals surface area contributed by atoms with Crippen LogP contribution in [0.2, 0.25) is 0 Å². The smallest absolute Gasteiger partial charge is 0.341 e. The molecule has 1 aliphatic rings. The summed E-state index contributed by atoms with van der Waals surface area (Å²) in [7, 11) is 0. The highest BCUT2D eigenvalue weighted by Gasteiger charge is 2.29. The van der Waals surface area contributed by atoms with Crippen LogP contribution in [0.25, 0.3) is 0 Å². The lowest BCUT2D eigenvalue weighted by molar-refractivity contribution is -0.139. The summed E-state index contributed by atoms with van der Waals surface area (Å²) in [5, 5.41) is 8.77. The molecule has 6 nitrogen and oxygen atoms in total. The van der Waals surface area contributed by atoms with Crippen LogP contribution in [0.3, 0.4) is 0 Å². The molecule has 1 unspecified atom stereocenters. The molecule has 1 fully saturated rings. The number of carboxylic acid groups (broad SMARTS) is 1. The molecule has 1 heterocycles. The maximum Gasteiger partial charge on any atom is 0.341 e. The van der Waals surface area contributed by atoms with Crippen LogP contribution in [-0.2, 0) is 9.53 Å². The number of ether oxygens (including phenoxy) is 2. The van der Waals surface area contributed by atoms with Gasteiger partial charge in [0.15, 0.2) is 6.61 Å². The molecule has 2 rings (SSSR count). The summed E-state index contributed by atoms with van der Waals surface area (Å²) in [5.74, 6) is -0.0225. The van der Waals surface area contributed by atoms with Crippen molar-refractivity contribution in [1.82, 2.24) is 4.90 Å². The lowest BCUT2D eigenvalue weighted by Gasteiger charge is -2.36. The van der Waals surface area contributed by atoms with Crippen molar-refractivity contribution in [2.45, 2.75) is 40.2 Å². The van der Waals surface area contributed by atoms with E-state index in [0.717, 1.165) is 17.5 Å². The molecule has 0 bridgehead atoms. The van der Waals surface area contributed by atoms with Gasteiger partial charge in [-0.3, -0.25) is 4.79 Å². The van der Waals surface area contributed by atoms with Crippen LogP contribution >= 0.6 is 0 Å². The normalized spacial score (nSPS) is 17.6. The third kappa shape index (κ3) is 4.95. The van der Waals surface area contributed by atoms with Crippen LogP contribution in [0.5, 0.6) is 5.75 Å². The summed E-state index contributed by atoms with van der Waals surface area (Å²) in [4.78, 5) is 25.6. The van der Waals surface area contributed by atoms with Crippen LogP contribution < -0.4 is 4.74 Å². The molecule has 138 valence electrons. The van der Waals surface area contributed by atoms with Crippen LogP contribution in [-0.4, -0.2) is 54.3 Å². The first-order chi connectivity index (χ1) is 11.8. The zero-order valence-electron chi connectivity index (χ0n) is 15.4. The number of rotatable bonds is 6. The van der Waals surface area contributed by atoms with E-state index >= 15 is 0 Å². The average molecular weight is 349 g/mol. The number of carbonyl (C=O) groups excluding carboxylic acids is 1. The van der Waals surface area contributed by atoms with Crippen molar-refractivity contribution < 1.29 is 24.2 Å². The Kier molecular flexibility index (Phi) is 6.42. The SMILES string of the molecule is Cc1cc(C(=O)N2CCOCC2CC(C)C)cc(C)c1OCC(=O)O. The van der Waals surface area contributed by atoms with Crippen molar-refractivity contribution in [3.05, 3.63) is 28.8 Å². The third-order valence-corrected chi connectivity index (χ3v) is 4.28. The van der Waals surface area contributed by atoms with Crippen LogP contribution in [0, 0.1) is 19.8 Å². The summed E-state index contributed by atoms with van der Waals surface area (Å²) in [6.45, 7) is 9.25. The van der Waals surface area contributed by atoms with Crippen molar-refractivity contribution >= 4 is 11.9 Å². The highest BCUT2D eigenvalue weighted by Crippen LogP contribution is 2.27. The molecule has 1 aromatic rings. The van der Waals surface area contributed by atoms with E-state index in [-0.39, 0.29) is 11.9 Å². The number of hydrogen-bond donors (Lipinski definition) is 1.